The summed E-state index contributed by atoms with van der Waals surface area (Å²) in [7, 11) is -3.18. The van der Waals surface area contributed by atoms with Gasteiger partial charge in [-0.05, 0) is 44.4 Å². The molecular formula is C19H30N2O4S. The van der Waals surface area contributed by atoms with Crippen LogP contribution in [0.3, 0.4) is 0 Å². The minimum Gasteiger partial charge on any atom is -0.494 e. The zero-order valence-corrected chi connectivity index (χ0v) is 16.3. The minimum absolute atomic E-state index is 0.000272. The number of aliphatic hydroxyl groups is 1. The van der Waals surface area contributed by atoms with Gasteiger partial charge in [0.1, 0.15) is 5.75 Å². The van der Waals surface area contributed by atoms with E-state index < -0.39 is 15.6 Å². The van der Waals surface area contributed by atoms with Gasteiger partial charge in [0.05, 0.1) is 18.5 Å². The van der Waals surface area contributed by atoms with E-state index in [2.05, 4.69) is 4.90 Å². The number of nitrogens with zero attached hydrogens (tertiary/aromatic N) is 2. The van der Waals surface area contributed by atoms with Crippen LogP contribution in [0.5, 0.6) is 5.75 Å². The summed E-state index contributed by atoms with van der Waals surface area (Å²) in [5.41, 5.74) is -0.700. The highest BCUT2D eigenvalue weighted by Gasteiger charge is 2.46. The highest BCUT2D eigenvalue weighted by atomic mass is 32.2. The minimum atomic E-state index is -3.18. The normalized spacial score (nSPS) is 27.8. The molecule has 0 bridgehead atoms. The Labute approximate surface area is 156 Å². The molecule has 0 unspecified atom stereocenters. The van der Waals surface area contributed by atoms with E-state index >= 15 is 0 Å². The van der Waals surface area contributed by atoms with Crippen LogP contribution < -0.4 is 4.74 Å². The topological polar surface area (TPSA) is 70.1 Å². The van der Waals surface area contributed by atoms with Crippen LogP contribution in [0.15, 0.2) is 30.3 Å². The molecule has 2 aliphatic heterocycles. The molecule has 1 N–H and O–H groups in total. The molecule has 0 spiro atoms. The Hall–Kier alpha value is -1.15. The lowest BCUT2D eigenvalue weighted by Crippen LogP contribution is -2.60. The van der Waals surface area contributed by atoms with Gasteiger partial charge in [-0.15, -0.1) is 0 Å². The summed E-state index contributed by atoms with van der Waals surface area (Å²) in [5.74, 6) is 0.902. The van der Waals surface area contributed by atoms with E-state index in [9.17, 15) is 13.5 Å². The van der Waals surface area contributed by atoms with Crippen molar-refractivity contribution in [1.82, 2.24) is 9.21 Å². The predicted octanol–water partition coefficient (Wildman–Crippen LogP) is 1.56. The number of unbranched alkanes of at least 4 members (excludes halogenated alkanes) is 1. The van der Waals surface area contributed by atoms with Crippen LogP contribution in [0.4, 0.5) is 0 Å². The quantitative estimate of drug-likeness (QED) is 0.725. The van der Waals surface area contributed by atoms with Crippen LogP contribution in [0.1, 0.15) is 25.7 Å². The molecule has 2 aliphatic rings. The molecule has 146 valence electrons. The second kappa shape index (κ2) is 8.25. The van der Waals surface area contributed by atoms with Crippen molar-refractivity contribution in [2.24, 2.45) is 5.92 Å². The summed E-state index contributed by atoms with van der Waals surface area (Å²) < 4.78 is 30.9. The van der Waals surface area contributed by atoms with E-state index in [4.69, 9.17) is 4.74 Å². The number of ether oxygens (including phenoxy) is 1. The molecule has 0 amide bonds. The summed E-state index contributed by atoms with van der Waals surface area (Å²) in [6, 6.07) is 9.83. The molecular weight excluding hydrogens is 352 g/mol. The molecule has 2 heterocycles. The van der Waals surface area contributed by atoms with Crippen LogP contribution in [-0.2, 0) is 10.0 Å². The number of hydrogen-bond donors (Lipinski definition) is 1. The van der Waals surface area contributed by atoms with Crippen molar-refractivity contribution in [2.75, 3.05) is 45.6 Å². The summed E-state index contributed by atoms with van der Waals surface area (Å²) in [5, 5.41) is 10.9. The average Bonchev–Trinajstić information content (AvgIpc) is 2.61. The van der Waals surface area contributed by atoms with Crippen molar-refractivity contribution in [3.63, 3.8) is 0 Å². The lowest BCUT2D eigenvalue weighted by molar-refractivity contribution is -0.101. The molecule has 2 saturated heterocycles. The van der Waals surface area contributed by atoms with Crippen molar-refractivity contribution >= 4 is 10.0 Å². The number of benzene rings is 1. The van der Waals surface area contributed by atoms with E-state index in [1.54, 1.807) is 0 Å². The molecule has 0 radical (unpaired) electrons. The number of fused-ring (bicyclic) bond motifs is 1. The summed E-state index contributed by atoms with van der Waals surface area (Å²) in [6.45, 7) is 4.18. The Bertz CT molecular complexity index is 682. The van der Waals surface area contributed by atoms with Crippen LogP contribution in [0.25, 0.3) is 0 Å². The predicted molar refractivity (Wildman–Crippen MR) is 102 cm³/mol. The van der Waals surface area contributed by atoms with Crippen LogP contribution in [0, 0.1) is 5.92 Å². The SMILES string of the molecule is CS(=O)(=O)N1CC[C@@]2(O)CCN(CCCCOc3ccccc3)C[C@H]2C1. The van der Waals surface area contributed by atoms with Gasteiger partial charge < -0.3 is 14.7 Å². The van der Waals surface area contributed by atoms with E-state index in [0.29, 0.717) is 26.1 Å². The van der Waals surface area contributed by atoms with E-state index in [1.807, 2.05) is 30.3 Å². The molecule has 7 heteroatoms. The van der Waals surface area contributed by atoms with Gasteiger partial charge in [0.15, 0.2) is 0 Å². The Morgan fingerprint density at radius 2 is 1.88 bits per heavy atom. The second-order valence-electron chi connectivity index (χ2n) is 7.59. The number of sulfonamides is 1. The lowest BCUT2D eigenvalue weighted by atomic mass is 9.76. The van der Waals surface area contributed by atoms with Gasteiger partial charge in [0, 0.05) is 32.1 Å². The maximum atomic E-state index is 11.8. The largest absolute Gasteiger partial charge is 0.494 e. The third-order valence-electron chi connectivity index (χ3n) is 5.67. The fraction of sp³-hybridized carbons (Fsp3) is 0.684. The molecule has 2 fully saturated rings. The average molecular weight is 383 g/mol. The van der Waals surface area contributed by atoms with Crippen molar-refractivity contribution in [1.29, 1.82) is 0 Å². The number of likely N-dealkylation sites (tertiary alicyclic amines) is 1. The number of hydrogen-bond acceptors (Lipinski definition) is 5. The summed E-state index contributed by atoms with van der Waals surface area (Å²) >= 11 is 0. The first-order valence-electron chi connectivity index (χ1n) is 9.44. The van der Waals surface area contributed by atoms with Crippen LogP contribution >= 0.6 is 0 Å². The monoisotopic (exact) mass is 382 g/mol. The fourth-order valence-corrected chi connectivity index (χ4v) is 4.86. The Balaban J connectivity index is 1.42. The first kappa shape index (κ1) is 19.6. The fourth-order valence-electron chi connectivity index (χ4n) is 3.99. The van der Waals surface area contributed by atoms with Crippen molar-refractivity contribution in [3.05, 3.63) is 30.3 Å². The summed E-state index contributed by atoms with van der Waals surface area (Å²) in [4.78, 5) is 2.35. The summed E-state index contributed by atoms with van der Waals surface area (Å²) in [6.07, 6.45) is 4.55. The number of para-hydroxylation sites is 1. The first-order chi connectivity index (χ1) is 12.4. The van der Waals surface area contributed by atoms with Gasteiger partial charge in [-0.1, -0.05) is 18.2 Å². The first-order valence-corrected chi connectivity index (χ1v) is 11.3. The zero-order valence-electron chi connectivity index (χ0n) is 15.5. The maximum absolute atomic E-state index is 11.8. The molecule has 6 nitrogen and oxygen atoms in total. The van der Waals surface area contributed by atoms with Crippen molar-refractivity contribution in [3.8, 4) is 5.75 Å². The van der Waals surface area contributed by atoms with Gasteiger partial charge in [0.25, 0.3) is 0 Å². The lowest BCUT2D eigenvalue weighted by Gasteiger charge is -2.49. The Morgan fingerprint density at radius 3 is 2.62 bits per heavy atom. The van der Waals surface area contributed by atoms with E-state index in [-0.39, 0.29) is 5.92 Å². The van der Waals surface area contributed by atoms with Gasteiger partial charge in [-0.2, -0.15) is 0 Å². The molecule has 3 rings (SSSR count). The third kappa shape index (κ3) is 4.97. The molecule has 26 heavy (non-hydrogen) atoms. The van der Waals surface area contributed by atoms with Crippen LogP contribution in [-0.4, -0.2) is 73.9 Å². The van der Waals surface area contributed by atoms with E-state index in [0.717, 1.165) is 44.6 Å². The standard InChI is InChI=1S/C19H30N2O4S/c1-26(23,24)21-13-10-19(22)9-12-20(15-17(19)16-21)11-5-6-14-25-18-7-3-2-4-8-18/h2-4,7-8,17,22H,5-6,9-16H2,1H3/t17-,19-/m0/s1. The maximum Gasteiger partial charge on any atom is 0.211 e. The smallest absolute Gasteiger partial charge is 0.211 e. The Morgan fingerprint density at radius 1 is 1.15 bits per heavy atom. The zero-order chi connectivity index (χ0) is 18.6. The highest BCUT2D eigenvalue weighted by molar-refractivity contribution is 7.88. The Kier molecular flexibility index (Phi) is 6.22. The van der Waals surface area contributed by atoms with Gasteiger partial charge in [-0.25, -0.2) is 12.7 Å². The van der Waals surface area contributed by atoms with Gasteiger partial charge >= 0.3 is 0 Å². The third-order valence-corrected chi connectivity index (χ3v) is 6.94. The molecule has 1 aromatic carbocycles. The number of rotatable bonds is 7. The van der Waals surface area contributed by atoms with Crippen molar-refractivity contribution in [2.45, 2.75) is 31.3 Å². The van der Waals surface area contributed by atoms with Crippen molar-refractivity contribution < 1.29 is 18.3 Å². The molecule has 0 aromatic heterocycles. The van der Waals surface area contributed by atoms with Crippen LogP contribution in [0.2, 0.25) is 0 Å². The van der Waals surface area contributed by atoms with E-state index in [1.165, 1.54) is 10.6 Å². The molecule has 1 aromatic rings. The van der Waals surface area contributed by atoms with Gasteiger partial charge in [-0.3, -0.25) is 0 Å². The highest BCUT2D eigenvalue weighted by Crippen LogP contribution is 2.36. The number of piperidine rings is 2. The van der Waals surface area contributed by atoms with Gasteiger partial charge in [0.2, 0.25) is 10.0 Å². The molecule has 0 aliphatic carbocycles. The second-order valence-corrected chi connectivity index (χ2v) is 9.57. The molecule has 2 atom stereocenters. The molecule has 0 saturated carbocycles.